The van der Waals surface area contributed by atoms with Gasteiger partial charge in [-0.15, -0.1) is 0 Å². The smallest absolute Gasteiger partial charge is 0.343 e. The number of rotatable bonds is 1. The molecule has 2 aliphatic rings. The van der Waals surface area contributed by atoms with Crippen LogP contribution in [-0.2, 0) is 4.74 Å². The molecule has 112 valence electrons. The predicted octanol–water partition coefficient (Wildman–Crippen LogP) is 0.839. The fourth-order valence-electron chi connectivity index (χ4n) is 2.99. The number of hydrogen-bond acceptors (Lipinski definition) is 6. The average molecular weight is 292 g/mol. The lowest BCUT2D eigenvalue weighted by Crippen LogP contribution is -2.46. The highest BCUT2D eigenvalue weighted by molar-refractivity contribution is 6.03. The number of aliphatic hydroxyl groups excluding tert-OH is 2. The van der Waals surface area contributed by atoms with Crippen LogP contribution in [0.25, 0.3) is 5.57 Å². The third-order valence-electron chi connectivity index (χ3n) is 4.02. The minimum atomic E-state index is -1.19. The third kappa shape index (κ3) is 1.99. The number of fused-ring (bicyclic) bond motifs is 3. The molecule has 0 bridgehead atoms. The number of carbonyl (C=O) groups excluding carboxylic acids is 1. The summed E-state index contributed by atoms with van der Waals surface area (Å²) in [4.78, 5) is 12.1. The Balaban J connectivity index is 2.26. The number of methoxy groups -OCH3 is 1. The van der Waals surface area contributed by atoms with Crippen LogP contribution in [0.5, 0.6) is 11.5 Å². The topological polar surface area (TPSA) is 96.2 Å². The van der Waals surface area contributed by atoms with Crippen molar-refractivity contribution in [2.24, 2.45) is 0 Å². The van der Waals surface area contributed by atoms with E-state index in [0.29, 0.717) is 16.9 Å². The maximum absolute atomic E-state index is 12.1. The first kappa shape index (κ1) is 13.9. The monoisotopic (exact) mass is 292 g/mol. The van der Waals surface area contributed by atoms with Gasteiger partial charge < -0.3 is 24.8 Å². The van der Waals surface area contributed by atoms with E-state index in [1.165, 1.54) is 13.2 Å². The largest absolute Gasteiger partial charge is 0.507 e. The minimum Gasteiger partial charge on any atom is -0.507 e. The normalized spacial score (nSPS) is 27.8. The summed E-state index contributed by atoms with van der Waals surface area (Å²) >= 11 is 0. The van der Waals surface area contributed by atoms with E-state index in [4.69, 9.17) is 9.47 Å². The second kappa shape index (κ2) is 4.75. The number of ether oxygens (including phenoxy) is 2. The molecule has 1 heterocycles. The second-order valence-electron chi connectivity index (χ2n) is 5.35. The summed E-state index contributed by atoms with van der Waals surface area (Å²) in [5, 5.41) is 29.9. The van der Waals surface area contributed by atoms with Crippen LogP contribution in [0, 0.1) is 0 Å². The zero-order valence-electron chi connectivity index (χ0n) is 11.7. The van der Waals surface area contributed by atoms with Crippen molar-refractivity contribution in [1.82, 2.24) is 0 Å². The zero-order valence-corrected chi connectivity index (χ0v) is 11.7. The number of benzene rings is 1. The van der Waals surface area contributed by atoms with Gasteiger partial charge in [-0.3, -0.25) is 0 Å². The fraction of sp³-hybridized carbons (Fsp3) is 0.400. The van der Waals surface area contributed by atoms with Gasteiger partial charge in [0.2, 0.25) is 0 Å². The van der Waals surface area contributed by atoms with Crippen LogP contribution in [-0.4, -0.2) is 46.7 Å². The summed E-state index contributed by atoms with van der Waals surface area (Å²) in [6.45, 7) is 1.80. The van der Waals surface area contributed by atoms with Crippen molar-refractivity contribution in [1.29, 1.82) is 0 Å². The maximum Gasteiger partial charge on any atom is 0.343 e. The first-order valence-corrected chi connectivity index (χ1v) is 6.62. The number of esters is 1. The first-order valence-electron chi connectivity index (χ1n) is 6.62. The molecule has 3 unspecified atom stereocenters. The number of hydrogen-bond donors (Lipinski definition) is 3. The second-order valence-corrected chi connectivity index (χ2v) is 5.35. The Bertz CT molecular complexity index is 648. The van der Waals surface area contributed by atoms with Crippen LogP contribution in [0.2, 0.25) is 0 Å². The van der Waals surface area contributed by atoms with E-state index >= 15 is 0 Å². The van der Waals surface area contributed by atoms with E-state index in [9.17, 15) is 20.1 Å². The van der Waals surface area contributed by atoms with Crippen molar-refractivity contribution in [2.45, 2.75) is 31.7 Å². The maximum atomic E-state index is 12.1. The molecule has 0 amide bonds. The Morgan fingerprint density at radius 1 is 1.33 bits per heavy atom. The summed E-state index contributed by atoms with van der Waals surface area (Å²) in [5.74, 6) is -0.547. The molecule has 6 nitrogen and oxygen atoms in total. The van der Waals surface area contributed by atoms with Crippen LogP contribution in [0.3, 0.4) is 0 Å². The minimum absolute atomic E-state index is 0.0602. The molecular formula is C15H16O6. The SMILES string of the molecule is COc1cc(O)c2c(c1)C1=C(C)CC(O)C(O)C1OC2=O. The van der Waals surface area contributed by atoms with Gasteiger partial charge in [-0.2, -0.15) is 0 Å². The van der Waals surface area contributed by atoms with Crippen molar-refractivity contribution in [2.75, 3.05) is 7.11 Å². The highest BCUT2D eigenvalue weighted by Crippen LogP contribution is 2.44. The first-order chi connectivity index (χ1) is 9.93. The Morgan fingerprint density at radius 2 is 2.05 bits per heavy atom. The van der Waals surface area contributed by atoms with E-state index in [-0.39, 0.29) is 17.7 Å². The summed E-state index contributed by atoms with van der Waals surface area (Å²) < 4.78 is 10.3. The van der Waals surface area contributed by atoms with E-state index in [1.807, 2.05) is 0 Å². The Morgan fingerprint density at radius 3 is 2.71 bits per heavy atom. The quantitative estimate of drug-likeness (QED) is 0.664. The summed E-state index contributed by atoms with van der Waals surface area (Å²) in [6.07, 6.45) is -2.82. The van der Waals surface area contributed by atoms with Gasteiger partial charge in [-0.25, -0.2) is 4.79 Å². The molecule has 0 fully saturated rings. The lowest BCUT2D eigenvalue weighted by atomic mass is 9.79. The number of carbonyl (C=O) groups is 1. The van der Waals surface area contributed by atoms with Gasteiger partial charge in [-0.05, 0) is 19.4 Å². The molecule has 0 saturated heterocycles. The standard InChI is InChI=1S/C15H16O6/c1-6-3-10(17)13(18)14-11(6)8-4-7(20-2)5-9(16)12(8)15(19)21-14/h4-5,10,13-14,16-18H,3H2,1-2H3. The van der Waals surface area contributed by atoms with Gasteiger partial charge in [-0.1, -0.05) is 5.57 Å². The number of aromatic hydroxyl groups is 1. The molecular weight excluding hydrogens is 276 g/mol. The molecule has 0 spiro atoms. The average Bonchev–Trinajstić information content (AvgIpc) is 2.43. The summed E-state index contributed by atoms with van der Waals surface area (Å²) in [6, 6.07) is 2.97. The molecule has 0 radical (unpaired) electrons. The van der Waals surface area contributed by atoms with Gasteiger partial charge in [0.25, 0.3) is 0 Å². The molecule has 3 rings (SSSR count). The molecule has 1 aromatic rings. The van der Waals surface area contributed by atoms with Crippen LogP contribution in [0.4, 0.5) is 0 Å². The van der Waals surface area contributed by atoms with Gasteiger partial charge in [0.05, 0.1) is 13.2 Å². The molecule has 3 atom stereocenters. The molecule has 21 heavy (non-hydrogen) atoms. The van der Waals surface area contributed by atoms with E-state index in [0.717, 1.165) is 5.57 Å². The fourth-order valence-corrected chi connectivity index (χ4v) is 2.99. The van der Waals surface area contributed by atoms with E-state index in [2.05, 4.69) is 0 Å². The van der Waals surface area contributed by atoms with Gasteiger partial charge in [0, 0.05) is 17.2 Å². The Kier molecular flexibility index (Phi) is 3.15. The van der Waals surface area contributed by atoms with Crippen molar-refractivity contribution >= 4 is 11.5 Å². The van der Waals surface area contributed by atoms with Crippen LogP contribution in [0.1, 0.15) is 29.3 Å². The lowest BCUT2D eigenvalue weighted by Gasteiger charge is -2.38. The Hall–Kier alpha value is -2.05. The number of aliphatic hydroxyl groups is 2. The molecule has 1 aromatic carbocycles. The van der Waals surface area contributed by atoms with E-state index in [1.54, 1.807) is 13.0 Å². The van der Waals surface area contributed by atoms with Crippen molar-refractivity contribution in [3.8, 4) is 11.5 Å². The molecule has 1 aliphatic heterocycles. The van der Waals surface area contributed by atoms with Crippen LogP contribution < -0.4 is 4.74 Å². The molecule has 6 heteroatoms. The van der Waals surface area contributed by atoms with Gasteiger partial charge in [0.1, 0.15) is 23.2 Å². The van der Waals surface area contributed by atoms with Crippen LogP contribution >= 0.6 is 0 Å². The third-order valence-corrected chi connectivity index (χ3v) is 4.02. The lowest BCUT2D eigenvalue weighted by molar-refractivity contribution is -0.0565. The summed E-state index contributed by atoms with van der Waals surface area (Å²) in [5.41, 5.74) is 1.97. The van der Waals surface area contributed by atoms with Crippen LogP contribution in [0.15, 0.2) is 17.7 Å². The molecule has 3 N–H and O–H groups in total. The number of phenols is 1. The summed E-state index contributed by atoms with van der Waals surface area (Å²) in [7, 11) is 1.46. The molecule has 1 aliphatic carbocycles. The van der Waals surface area contributed by atoms with Crippen molar-refractivity contribution < 1.29 is 29.6 Å². The van der Waals surface area contributed by atoms with Crippen molar-refractivity contribution in [3.05, 3.63) is 28.8 Å². The zero-order chi connectivity index (χ0) is 15.3. The molecule has 0 saturated carbocycles. The predicted molar refractivity (Wildman–Crippen MR) is 73.1 cm³/mol. The highest BCUT2D eigenvalue weighted by Gasteiger charge is 2.44. The van der Waals surface area contributed by atoms with E-state index < -0.39 is 24.3 Å². The number of phenolic OH excluding ortho intramolecular Hbond substituents is 1. The van der Waals surface area contributed by atoms with Crippen molar-refractivity contribution in [3.63, 3.8) is 0 Å². The Labute approximate surface area is 121 Å². The van der Waals surface area contributed by atoms with Gasteiger partial charge in [0.15, 0.2) is 6.10 Å². The van der Waals surface area contributed by atoms with Gasteiger partial charge >= 0.3 is 5.97 Å². The highest BCUT2D eigenvalue weighted by atomic mass is 16.6. The molecule has 0 aromatic heterocycles.